The Kier molecular flexibility index (Phi) is 5.18. The number of carbonyl (C=O) groups is 1. The van der Waals surface area contributed by atoms with Crippen molar-refractivity contribution in [3.63, 3.8) is 0 Å². The summed E-state index contributed by atoms with van der Waals surface area (Å²) in [6.45, 7) is 4.75. The van der Waals surface area contributed by atoms with Crippen LogP contribution in [-0.2, 0) is 12.3 Å². The first kappa shape index (κ1) is 15.0. The maximum atomic E-state index is 13.2. The van der Waals surface area contributed by atoms with E-state index in [-0.39, 0.29) is 16.1 Å². The Labute approximate surface area is 111 Å². The van der Waals surface area contributed by atoms with Crippen LogP contribution >= 0.6 is 0 Å². The number of benzene rings is 1. The third-order valence-corrected chi connectivity index (χ3v) is 4.33. The molecule has 0 bridgehead atoms. The fourth-order valence-corrected chi connectivity index (χ4v) is 3.41. The van der Waals surface area contributed by atoms with Crippen LogP contribution in [0.15, 0.2) is 18.2 Å². The molecule has 2 radical (unpaired) electrons. The molecule has 0 aliphatic carbocycles. The molecule has 96 valence electrons. The van der Waals surface area contributed by atoms with Gasteiger partial charge in [-0.3, -0.25) is 0 Å². The van der Waals surface area contributed by atoms with Gasteiger partial charge in [0.05, 0.1) is 0 Å². The summed E-state index contributed by atoms with van der Waals surface area (Å²) in [7, 11) is 0. The van der Waals surface area contributed by atoms with Crippen LogP contribution in [0.2, 0.25) is 0 Å². The molecule has 0 unspecified atom stereocenters. The van der Waals surface area contributed by atoms with Crippen molar-refractivity contribution in [1.82, 2.24) is 0 Å². The minimum atomic E-state index is -1.96. The van der Waals surface area contributed by atoms with Crippen molar-refractivity contribution >= 4 is 27.5 Å². The van der Waals surface area contributed by atoms with Gasteiger partial charge in [0.1, 0.15) is 0 Å². The standard InChI is InChI=1S/C7H3F4.C4H6O2.Sn/c1-3-6(10)4(8)2-5(9)7(3)11;1-3(2)4(5)6;/h2H,1H2;1H2,2H3,(H,5,6);/q;;+1/p-1. The predicted octanol–water partition coefficient (Wildman–Crippen LogP) is 2.48. The van der Waals surface area contributed by atoms with E-state index in [2.05, 4.69) is 6.58 Å². The fraction of sp³-hybridized carbons (Fsp3) is 0.182. The molecule has 1 aromatic carbocycles. The van der Waals surface area contributed by atoms with Crippen LogP contribution in [0.3, 0.4) is 0 Å². The third kappa shape index (κ3) is 3.47. The van der Waals surface area contributed by atoms with Crippen molar-refractivity contribution in [3.8, 4) is 0 Å². The Morgan fingerprint density at radius 2 is 1.78 bits per heavy atom. The van der Waals surface area contributed by atoms with E-state index >= 15 is 0 Å². The second-order valence-corrected chi connectivity index (χ2v) is 5.85. The van der Waals surface area contributed by atoms with Gasteiger partial charge in [-0.2, -0.15) is 0 Å². The second kappa shape index (κ2) is 6.21. The first-order chi connectivity index (χ1) is 8.34. The summed E-state index contributed by atoms with van der Waals surface area (Å²) in [5.74, 6) is -6.48. The molecule has 1 rings (SSSR count). The molecular formula is C11H8F4O2Sn. The molecule has 18 heavy (non-hydrogen) atoms. The van der Waals surface area contributed by atoms with Crippen LogP contribution in [0.1, 0.15) is 12.5 Å². The van der Waals surface area contributed by atoms with Gasteiger partial charge in [-0.1, -0.05) is 0 Å². The molecule has 0 N–H and O–H groups in total. The number of rotatable bonds is 4. The molecule has 1 aromatic rings. The zero-order valence-corrected chi connectivity index (χ0v) is 12.2. The van der Waals surface area contributed by atoms with E-state index in [4.69, 9.17) is 3.07 Å². The van der Waals surface area contributed by atoms with Gasteiger partial charge < -0.3 is 0 Å². The Morgan fingerprint density at radius 3 is 2.22 bits per heavy atom. The van der Waals surface area contributed by atoms with E-state index in [1.54, 1.807) is 0 Å². The van der Waals surface area contributed by atoms with Gasteiger partial charge in [0.25, 0.3) is 0 Å². The number of hydrogen-bond acceptors (Lipinski definition) is 2. The minimum absolute atomic E-state index is 0.138. The molecule has 0 fully saturated rings. The SMILES string of the molecule is C=C(C)C(=O)[O][Sn][CH2]c1c(F)c(F)cc(F)c1F. The van der Waals surface area contributed by atoms with E-state index in [1.165, 1.54) is 6.92 Å². The third-order valence-electron chi connectivity index (χ3n) is 1.96. The predicted molar refractivity (Wildman–Crippen MR) is 56.6 cm³/mol. The molecule has 0 aromatic heterocycles. The number of hydrogen-bond donors (Lipinski definition) is 0. The Hall–Kier alpha value is -1.05. The molecule has 0 aliphatic rings. The molecule has 0 heterocycles. The quantitative estimate of drug-likeness (QED) is 0.354. The van der Waals surface area contributed by atoms with Gasteiger partial charge in [-0.05, 0) is 0 Å². The summed E-state index contributed by atoms with van der Waals surface area (Å²) >= 11 is -1.96. The van der Waals surface area contributed by atoms with Gasteiger partial charge in [-0.25, -0.2) is 0 Å². The maximum absolute atomic E-state index is 13.2. The van der Waals surface area contributed by atoms with Crippen LogP contribution in [0.4, 0.5) is 17.6 Å². The second-order valence-electron chi connectivity index (χ2n) is 3.44. The topological polar surface area (TPSA) is 26.3 Å². The zero-order valence-electron chi connectivity index (χ0n) is 9.32. The Bertz CT molecular complexity index is 476. The molecule has 2 nitrogen and oxygen atoms in total. The van der Waals surface area contributed by atoms with Crippen LogP contribution in [0.25, 0.3) is 0 Å². The van der Waals surface area contributed by atoms with Crippen LogP contribution in [0.5, 0.6) is 0 Å². The normalized spacial score (nSPS) is 10.3. The van der Waals surface area contributed by atoms with Gasteiger partial charge in [0.15, 0.2) is 0 Å². The van der Waals surface area contributed by atoms with Gasteiger partial charge in [-0.15, -0.1) is 0 Å². The summed E-state index contributed by atoms with van der Waals surface area (Å²) < 4.78 is 56.6. The molecule has 7 heteroatoms. The van der Waals surface area contributed by atoms with Crippen molar-refractivity contribution in [2.45, 2.75) is 11.4 Å². The molecule has 0 aliphatic heterocycles. The molecule has 0 saturated heterocycles. The van der Waals surface area contributed by atoms with Crippen molar-refractivity contribution in [1.29, 1.82) is 0 Å². The average Bonchev–Trinajstić information content (AvgIpc) is 2.30. The fourth-order valence-electron chi connectivity index (χ4n) is 1.04. The van der Waals surface area contributed by atoms with Crippen molar-refractivity contribution in [2.24, 2.45) is 0 Å². The summed E-state index contributed by atoms with van der Waals surface area (Å²) in [5, 5.41) is 0. The molecule has 0 atom stereocenters. The molecule has 0 spiro atoms. The van der Waals surface area contributed by atoms with Crippen LogP contribution in [-0.4, -0.2) is 27.5 Å². The van der Waals surface area contributed by atoms with Gasteiger partial charge >= 0.3 is 111 Å². The summed E-state index contributed by atoms with van der Waals surface area (Å²) in [5.41, 5.74) is -0.559. The summed E-state index contributed by atoms with van der Waals surface area (Å²) in [6.07, 6.45) is 0. The number of halogens is 4. The van der Waals surface area contributed by atoms with Crippen LogP contribution < -0.4 is 0 Å². The zero-order chi connectivity index (χ0) is 13.9. The molecule has 0 amide bonds. The van der Waals surface area contributed by atoms with Crippen molar-refractivity contribution in [2.75, 3.05) is 0 Å². The van der Waals surface area contributed by atoms with E-state index in [1.807, 2.05) is 0 Å². The van der Waals surface area contributed by atoms with Gasteiger partial charge in [0, 0.05) is 0 Å². The Morgan fingerprint density at radius 1 is 1.28 bits per heavy atom. The monoisotopic (exact) mass is 368 g/mol. The van der Waals surface area contributed by atoms with Gasteiger partial charge in [0.2, 0.25) is 0 Å². The first-order valence-corrected chi connectivity index (χ1v) is 7.94. The van der Waals surface area contributed by atoms with E-state index in [9.17, 15) is 22.4 Å². The van der Waals surface area contributed by atoms with E-state index < -0.39 is 56.4 Å². The van der Waals surface area contributed by atoms with E-state index in [0.29, 0.717) is 0 Å². The molecular weight excluding hydrogens is 359 g/mol. The average molecular weight is 367 g/mol. The summed E-state index contributed by atoms with van der Waals surface area (Å²) in [6, 6.07) is 0.138. The molecule has 0 saturated carbocycles. The van der Waals surface area contributed by atoms with E-state index in [0.717, 1.165) is 0 Å². The van der Waals surface area contributed by atoms with Crippen LogP contribution in [0, 0.1) is 23.3 Å². The van der Waals surface area contributed by atoms with Crippen molar-refractivity contribution in [3.05, 3.63) is 47.1 Å². The first-order valence-electron chi connectivity index (χ1n) is 4.76. The summed E-state index contributed by atoms with van der Waals surface area (Å²) in [4.78, 5) is 11.0. The van der Waals surface area contributed by atoms with Crippen molar-refractivity contribution < 1.29 is 25.4 Å². The number of carbonyl (C=O) groups excluding carboxylic acids is 1. The Balaban J connectivity index is 2.79.